The highest BCUT2D eigenvalue weighted by atomic mass is 35.5. The molecular formula is C40H49ClF3N7O3. The Morgan fingerprint density at radius 2 is 1.59 bits per heavy atom. The number of anilines is 1. The molecule has 3 aliphatic heterocycles. The third kappa shape index (κ3) is 9.63. The monoisotopic (exact) mass is 767 g/mol. The summed E-state index contributed by atoms with van der Waals surface area (Å²) in [4.78, 5) is 26.2. The number of aliphatic carboxylic acids is 1. The lowest BCUT2D eigenvalue weighted by atomic mass is 9.60. The van der Waals surface area contributed by atoms with Gasteiger partial charge in [-0.05, 0) is 118 Å². The summed E-state index contributed by atoms with van der Waals surface area (Å²) in [7, 11) is 0. The molecule has 0 bridgehead atoms. The fourth-order valence-electron chi connectivity index (χ4n) is 8.39. The molecule has 0 amide bonds. The number of hydrogen-bond acceptors (Lipinski definition) is 9. The molecule has 7 rings (SSSR count). The van der Waals surface area contributed by atoms with Crippen LogP contribution in [0.25, 0.3) is 0 Å². The maximum atomic E-state index is 10.6. The van der Waals surface area contributed by atoms with E-state index >= 15 is 0 Å². The molecule has 0 atom stereocenters. The molecule has 0 radical (unpaired) electrons. The highest BCUT2D eigenvalue weighted by molar-refractivity contribution is 6.30. The van der Waals surface area contributed by atoms with Crippen molar-refractivity contribution < 1.29 is 27.8 Å². The van der Waals surface area contributed by atoms with Crippen LogP contribution in [0.1, 0.15) is 74.8 Å². The van der Waals surface area contributed by atoms with Crippen molar-refractivity contribution in [3.8, 4) is 11.8 Å². The smallest absolute Gasteiger partial charge is 0.487 e. The van der Waals surface area contributed by atoms with Gasteiger partial charge in [0, 0.05) is 54.9 Å². The average Bonchev–Trinajstić information content (AvgIpc) is 3.16. The first kappa shape index (κ1) is 39.7. The number of nitrogens with one attached hydrogen (secondary N) is 1. The van der Waals surface area contributed by atoms with Crippen LogP contribution in [-0.2, 0) is 16.8 Å². The molecule has 1 aromatic heterocycles. The fraction of sp³-hybridized carbons (Fsp3) is 0.550. The standard InChI is InChI=1S/C38H48ClN7O.C2HF3O2/c1-37(2,30-21-28(26-40)22-31(39)23-30)29-3-5-35(6-4-29)47-27-32-7-12-42-36(43-32)46-19-17-45(18-20-46)33-8-15-44(16-9-33)34-24-38(25-34)10-13-41-14-11-38;3-2(4,5)1(6)7/h3-7,12,21-23,33-34,41H,8-11,13-20,24-25,27H2,1-2H3;(H,6,7). The van der Waals surface area contributed by atoms with Crippen LogP contribution in [0.4, 0.5) is 19.1 Å². The van der Waals surface area contributed by atoms with Gasteiger partial charge in [-0.25, -0.2) is 14.8 Å². The lowest BCUT2D eigenvalue weighted by molar-refractivity contribution is -0.192. The molecule has 1 aliphatic carbocycles. The Bertz CT molecular complexity index is 1770. The van der Waals surface area contributed by atoms with Crippen molar-refractivity contribution in [3.05, 3.63) is 82.1 Å². The van der Waals surface area contributed by atoms with E-state index in [9.17, 15) is 18.4 Å². The molecule has 54 heavy (non-hydrogen) atoms. The second-order valence-electron chi connectivity index (χ2n) is 15.5. The van der Waals surface area contributed by atoms with Gasteiger partial charge in [-0.15, -0.1) is 0 Å². The van der Waals surface area contributed by atoms with E-state index in [1.54, 1.807) is 6.07 Å². The van der Waals surface area contributed by atoms with Gasteiger partial charge >= 0.3 is 12.1 Å². The fourth-order valence-corrected chi connectivity index (χ4v) is 8.63. The van der Waals surface area contributed by atoms with Crippen LogP contribution in [0.3, 0.4) is 0 Å². The first-order chi connectivity index (χ1) is 25.7. The minimum atomic E-state index is -5.08. The summed E-state index contributed by atoms with van der Waals surface area (Å²) < 4.78 is 37.9. The molecule has 1 spiro atoms. The predicted molar refractivity (Wildman–Crippen MR) is 201 cm³/mol. The van der Waals surface area contributed by atoms with Crippen LogP contribution < -0.4 is 15.0 Å². The zero-order valence-electron chi connectivity index (χ0n) is 30.9. The van der Waals surface area contributed by atoms with E-state index < -0.39 is 12.1 Å². The SMILES string of the molecule is CC(C)(c1ccc(OCc2ccnc(N3CCN(C4CCN(C5CC6(CCNCC6)C5)CC4)CC3)n2)cc1)c1cc(Cl)cc(C#N)c1.O=C(O)C(F)(F)F. The third-order valence-electron chi connectivity index (χ3n) is 11.8. The Hall–Kier alpha value is -3.96. The number of carbonyl (C=O) groups is 1. The lowest BCUT2D eigenvalue weighted by Gasteiger charge is -2.55. The molecule has 290 valence electrons. The van der Waals surface area contributed by atoms with Crippen molar-refractivity contribution >= 4 is 23.5 Å². The molecule has 3 saturated heterocycles. The third-order valence-corrected chi connectivity index (χ3v) is 12.0. The van der Waals surface area contributed by atoms with E-state index in [-0.39, 0.29) is 5.41 Å². The molecule has 2 aromatic carbocycles. The van der Waals surface area contributed by atoms with Gasteiger partial charge < -0.3 is 25.0 Å². The number of carboxylic acids is 1. The molecule has 1 saturated carbocycles. The van der Waals surface area contributed by atoms with Gasteiger partial charge in [0.1, 0.15) is 12.4 Å². The van der Waals surface area contributed by atoms with Gasteiger partial charge in [-0.3, -0.25) is 4.90 Å². The predicted octanol–water partition coefficient (Wildman–Crippen LogP) is 6.66. The molecule has 4 fully saturated rings. The molecule has 4 aliphatic rings. The summed E-state index contributed by atoms with van der Waals surface area (Å²) in [6.45, 7) is 13.7. The molecule has 2 N–H and O–H groups in total. The Morgan fingerprint density at radius 3 is 2.20 bits per heavy atom. The topological polar surface area (TPSA) is 118 Å². The number of benzene rings is 2. The van der Waals surface area contributed by atoms with Gasteiger partial charge in [0.25, 0.3) is 0 Å². The molecule has 10 nitrogen and oxygen atoms in total. The van der Waals surface area contributed by atoms with Crippen LogP contribution in [0.15, 0.2) is 54.7 Å². The number of nitriles is 1. The van der Waals surface area contributed by atoms with Gasteiger partial charge in [-0.1, -0.05) is 37.6 Å². The van der Waals surface area contributed by atoms with E-state index in [2.05, 4.69) is 57.0 Å². The Balaban J connectivity index is 0.000000649. The Labute approximate surface area is 320 Å². The van der Waals surface area contributed by atoms with E-state index in [0.29, 0.717) is 28.6 Å². The van der Waals surface area contributed by atoms with Crippen molar-refractivity contribution in [1.29, 1.82) is 5.26 Å². The van der Waals surface area contributed by atoms with Crippen LogP contribution >= 0.6 is 11.6 Å². The maximum Gasteiger partial charge on any atom is 0.490 e. The van der Waals surface area contributed by atoms with Crippen molar-refractivity contribution in [1.82, 2.24) is 25.1 Å². The minimum absolute atomic E-state index is 0.315. The highest BCUT2D eigenvalue weighted by Crippen LogP contribution is 2.50. The molecule has 4 heterocycles. The summed E-state index contributed by atoms with van der Waals surface area (Å²) in [6, 6.07) is 19.4. The van der Waals surface area contributed by atoms with Crippen LogP contribution in [0.5, 0.6) is 5.75 Å². The minimum Gasteiger partial charge on any atom is -0.487 e. The van der Waals surface area contributed by atoms with E-state index in [1.807, 2.05) is 36.5 Å². The van der Waals surface area contributed by atoms with Gasteiger partial charge in [-0.2, -0.15) is 18.4 Å². The second kappa shape index (κ2) is 16.8. The number of rotatable bonds is 8. The average molecular weight is 768 g/mol. The zero-order valence-corrected chi connectivity index (χ0v) is 31.7. The van der Waals surface area contributed by atoms with E-state index in [1.165, 1.54) is 64.7 Å². The molecule has 14 heteroatoms. The number of aromatic nitrogens is 2. The number of piperidine rings is 2. The second-order valence-corrected chi connectivity index (χ2v) is 16.0. The number of alkyl halides is 3. The number of hydrogen-bond donors (Lipinski definition) is 2. The van der Waals surface area contributed by atoms with Gasteiger partial charge in [0.15, 0.2) is 0 Å². The summed E-state index contributed by atoms with van der Waals surface area (Å²) >= 11 is 6.29. The number of nitrogens with zero attached hydrogens (tertiary/aromatic N) is 6. The van der Waals surface area contributed by atoms with E-state index in [4.69, 9.17) is 31.2 Å². The summed E-state index contributed by atoms with van der Waals surface area (Å²) in [5.41, 5.74) is 3.92. The lowest BCUT2D eigenvalue weighted by Crippen LogP contribution is -2.58. The maximum absolute atomic E-state index is 10.6. The first-order valence-corrected chi connectivity index (χ1v) is 19.1. The Kier molecular flexibility index (Phi) is 12.4. The van der Waals surface area contributed by atoms with Crippen molar-refractivity contribution in [2.45, 2.75) is 82.7 Å². The highest BCUT2D eigenvalue weighted by Gasteiger charge is 2.47. The van der Waals surface area contributed by atoms with Crippen LogP contribution in [0, 0.1) is 16.7 Å². The quantitative estimate of drug-likeness (QED) is 0.258. The number of likely N-dealkylation sites (tertiary alicyclic amines) is 1. The van der Waals surface area contributed by atoms with Crippen molar-refractivity contribution in [3.63, 3.8) is 0 Å². The Morgan fingerprint density at radius 1 is 0.963 bits per heavy atom. The summed E-state index contributed by atoms with van der Waals surface area (Å²) in [6.07, 6.45) is 5.01. The number of ether oxygens (including phenoxy) is 1. The number of halogens is 4. The molecule has 0 unspecified atom stereocenters. The summed E-state index contributed by atoms with van der Waals surface area (Å²) in [5, 5.41) is 20.6. The van der Waals surface area contributed by atoms with E-state index in [0.717, 1.165) is 60.7 Å². The normalized spacial score (nSPS) is 20.1. The zero-order chi connectivity index (χ0) is 38.5. The largest absolute Gasteiger partial charge is 0.490 e. The molecule has 3 aromatic rings. The van der Waals surface area contributed by atoms with Crippen molar-refractivity contribution in [2.75, 3.05) is 57.3 Å². The van der Waals surface area contributed by atoms with Gasteiger partial charge in [0.05, 0.1) is 17.3 Å². The first-order valence-electron chi connectivity index (χ1n) is 18.7. The van der Waals surface area contributed by atoms with Gasteiger partial charge in [0.2, 0.25) is 5.95 Å². The number of piperazine rings is 1. The van der Waals surface area contributed by atoms with Crippen molar-refractivity contribution in [2.24, 2.45) is 5.41 Å². The van der Waals surface area contributed by atoms with Crippen LogP contribution in [-0.4, -0.2) is 101 Å². The summed E-state index contributed by atoms with van der Waals surface area (Å²) in [5.74, 6) is -1.17. The molecular weight excluding hydrogens is 719 g/mol. The number of carboxylic acid groups (broad SMARTS) is 1. The van der Waals surface area contributed by atoms with Crippen LogP contribution in [0.2, 0.25) is 5.02 Å².